The first-order valence-corrected chi connectivity index (χ1v) is 4.98. The highest BCUT2D eigenvalue weighted by Crippen LogP contribution is 2.41. The van der Waals surface area contributed by atoms with Gasteiger partial charge in [-0.05, 0) is 0 Å². The zero-order chi connectivity index (χ0) is 13.4. The van der Waals surface area contributed by atoms with Crippen LogP contribution in [0.5, 0.6) is 17.2 Å². The van der Waals surface area contributed by atoms with E-state index in [0.29, 0.717) is 0 Å². The number of phenolic OH excluding ortho intramolecular Hbond substituents is 2. The number of ketones is 2. The van der Waals surface area contributed by atoms with Crippen LogP contribution in [0.25, 0.3) is 0 Å². The van der Waals surface area contributed by atoms with Crippen molar-refractivity contribution in [2.45, 2.75) is 0 Å². The maximum Gasteiger partial charge on any atom is 0.232 e. The van der Waals surface area contributed by atoms with E-state index in [1.807, 2.05) is 0 Å². The largest absolute Gasteiger partial charge is 0.507 e. The van der Waals surface area contributed by atoms with Crippen molar-refractivity contribution in [3.63, 3.8) is 0 Å². The van der Waals surface area contributed by atoms with Crippen LogP contribution in [0.2, 0.25) is 0 Å². The summed E-state index contributed by atoms with van der Waals surface area (Å²) in [6.07, 6.45) is 0.962. The van der Waals surface area contributed by atoms with Gasteiger partial charge in [0.05, 0.1) is 25.3 Å². The molecule has 18 heavy (non-hydrogen) atoms. The summed E-state index contributed by atoms with van der Waals surface area (Å²) in [6, 6.07) is 1.07. The third-order valence-electron chi connectivity index (χ3n) is 2.64. The van der Waals surface area contributed by atoms with Crippen LogP contribution >= 0.6 is 0 Å². The third kappa shape index (κ3) is 1.50. The summed E-state index contributed by atoms with van der Waals surface area (Å²) >= 11 is 0. The van der Waals surface area contributed by atoms with Crippen LogP contribution in [-0.4, -0.2) is 36.0 Å². The Labute approximate surface area is 102 Å². The number of hydrogen-bond donors (Lipinski definition) is 2. The number of allylic oxidation sites excluding steroid dienone is 2. The molecule has 0 spiro atoms. The van der Waals surface area contributed by atoms with Crippen molar-refractivity contribution in [3.8, 4) is 17.2 Å². The average Bonchev–Trinajstić information content (AvgIpc) is 2.35. The predicted molar refractivity (Wildman–Crippen MR) is 60.1 cm³/mol. The first kappa shape index (κ1) is 12.0. The molecule has 0 bridgehead atoms. The highest BCUT2D eigenvalue weighted by atomic mass is 16.5. The molecule has 2 N–H and O–H groups in total. The Morgan fingerprint density at radius 2 is 1.72 bits per heavy atom. The maximum atomic E-state index is 11.9. The lowest BCUT2D eigenvalue weighted by atomic mass is 9.91. The monoisotopic (exact) mass is 250 g/mol. The van der Waals surface area contributed by atoms with Gasteiger partial charge < -0.3 is 19.7 Å². The van der Waals surface area contributed by atoms with E-state index in [9.17, 15) is 19.8 Å². The molecule has 6 nitrogen and oxygen atoms in total. The van der Waals surface area contributed by atoms with Crippen molar-refractivity contribution >= 4 is 11.6 Å². The van der Waals surface area contributed by atoms with Crippen LogP contribution in [0.15, 0.2) is 17.9 Å². The van der Waals surface area contributed by atoms with Crippen molar-refractivity contribution in [2.75, 3.05) is 14.2 Å². The fourth-order valence-corrected chi connectivity index (χ4v) is 1.79. The lowest BCUT2D eigenvalue weighted by Gasteiger charge is -2.17. The van der Waals surface area contributed by atoms with Crippen molar-refractivity contribution in [1.82, 2.24) is 0 Å². The van der Waals surface area contributed by atoms with Gasteiger partial charge in [-0.2, -0.15) is 0 Å². The van der Waals surface area contributed by atoms with E-state index in [0.717, 1.165) is 12.1 Å². The fourth-order valence-electron chi connectivity index (χ4n) is 1.79. The first-order chi connectivity index (χ1) is 8.51. The summed E-state index contributed by atoms with van der Waals surface area (Å²) in [5.74, 6) is -2.49. The number of Topliss-reactive ketones (excluding diaryl/α,β-unsaturated/α-hetero) is 1. The zero-order valence-corrected chi connectivity index (χ0v) is 9.68. The first-order valence-electron chi connectivity index (χ1n) is 4.98. The van der Waals surface area contributed by atoms with Gasteiger partial charge in [0.15, 0.2) is 23.0 Å². The topological polar surface area (TPSA) is 93.1 Å². The van der Waals surface area contributed by atoms with Crippen molar-refractivity contribution in [2.24, 2.45) is 0 Å². The van der Waals surface area contributed by atoms with Gasteiger partial charge in [-0.15, -0.1) is 0 Å². The van der Waals surface area contributed by atoms with Gasteiger partial charge in [-0.25, -0.2) is 0 Å². The molecule has 0 aromatic heterocycles. The van der Waals surface area contributed by atoms with Gasteiger partial charge in [-0.3, -0.25) is 9.59 Å². The smallest absolute Gasteiger partial charge is 0.232 e. The van der Waals surface area contributed by atoms with Gasteiger partial charge in [0.1, 0.15) is 5.75 Å². The molecule has 0 saturated carbocycles. The number of hydrogen-bond acceptors (Lipinski definition) is 6. The summed E-state index contributed by atoms with van der Waals surface area (Å²) in [5, 5.41) is 19.6. The van der Waals surface area contributed by atoms with Crippen molar-refractivity contribution < 1.29 is 29.3 Å². The molecule has 0 atom stereocenters. The van der Waals surface area contributed by atoms with Gasteiger partial charge in [0.2, 0.25) is 5.78 Å². The Kier molecular flexibility index (Phi) is 2.70. The molecule has 0 fully saturated rings. The van der Waals surface area contributed by atoms with E-state index in [4.69, 9.17) is 9.47 Å². The summed E-state index contributed by atoms with van der Waals surface area (Å²) in [7, 11) is 2.51. The number of fused-ring (bicyclic) bond motifs is 1. The van der Waals surface area contributed by atoms with Crippen LogP contribution < -0.4 is 4.74 Å². The number of ether oxygens (including phenoxy) is 2. The van der Waals surface area contributed by atoms with Crippen molar-refractivity contribution in [3.05, 3.63) is 29.0 Å². The maximum absolute atomic E-state index is 11.9. The van der Waals surface area contributed by atoms with E-state index in [1.54, 1.807) is 0 Å². The molecule has 1 aromatic rings. The Morgan fingerprint density at radius 1 is 1.06 bits per heavy atom. The van der Waals surface area contributed by atoms with Gasteiger partial charge in [0, 0.05) is 12.1 Å². The number of benzene rings is 1. The molecule has 0 unspecified atom stereocenters. The molecular formula is C12H10O6. The number of carbonyl (C=O) groups is 2. The highest BCUT2D eigenvalue weighted by Gasteiger charge is 2.33. The number of aromatic hydroxyl groups is 2. The second-order valence-electron chi connectivity index (χ2n) is 3.60. The minimum atomic E-state index is -0.664. The molecule has 94 valence electrons. The fraction of sp³-hybridized carbons (Fsp3) is 0.167. The molecule has 2 rings (SSSR count). The molecule has 0 heterocycles. The van der Waals surface area contributed by atoms with E-state index in [2.05, 4.69) is 0 Å². The molecule has 1 aliphatic rings. The molecule has 0 saturated heterocycles. The number of carbonyl (C=O) groups excluding carboxylic acids is 2. The van der Waals surface area contributed by atoms with Crippen LogP contribution in [0.3, 0.4) is 0 Å². The summed E-state index contributed by atoms with van der Waals surface area (Å²) in [5.41, 5.74) is -0.560. The molecule has 1 aliphatic carbocycles. The standard InChI is InChI=1S/C12H10O6/c1-17-7-3-5(13)10-9(11(7)15)6(14)4-8(18-2)12(10)16/h3-4,13,15H,1-2H3. The second-order valence-corrected chi connectivity index (χ2v) is 3.60. The SMILES string of the molecule is COC1=CC(=O)c2c(O)c(OC)cc(O)c2C1=O. The second kappa shape index (κ2) is 4.06. The Balaban J connectivity index is 2.77. The van der Waals surface area contributed by atoms with Crippen LogP contribution in [0.4, 0.5) is 0 Å². The van der Waals surface area contributed by atoms with E-state index in [1.165, 1.54) is 14.2 Å². The minimum Gasteiger partial charge on any atom is -0.507 e. The minimum absolute atomic E-state index is 0.0818. The number of phenols is 2. The lowest BCUT2D eigenvalue weighted by Crippen LogP contribution is -2.18. The Bertz CT molecular complexity index is 585. The van der Waals surface area contributed by atoms with E-state index < -0.39 is 23.1 Å². The summed E-state index contributed by atoms with van der Waals surface area (Å²) < 4.78 is 9.55. The summed E-state index contributed by atoms with van der Waals surface area (Å²) in [6.45, 7) is 0. The van der Waals surface area contributed by atoms with Crippen LogP contribution in [0, 0.1) is 0 Å². The molecule has 6 heteroatoms. The molecule has 0 aliphatic heterocycles. The highest BCUT2D eigenvalue weighted by molar-refractivity contribution is 6.26. The van der Waals surface area contributed by atoms with Gasteiger partial charge >= 0.3 is 0 Å². The zero-order valence-electron chi connectivity index (χ0n) is 9.68. The lowest BCUT2D eigenvalue weighted by molar-refractivity contribution is 0.0911. The molecule has 0 radical (unpaired) electrons. The molecular weight excluding hydrogens is 240 g/mol. The average molecular weight is 250 g/mol. The number of rotatable bonds is 2. The predicted octanol–water partition coefficient (Wildman–Crippen LogP) is 1.02. The quantitative estimate of drug-likeness (QED) is 0.761. The Morgan fingerprint density at radius 3 is 2.28 bits per heavy atom. The molecule has 1 aromatic carbocycles. The molecule has 0 amide bonds. The van der Waals surface area contributed by atoms with Gasteiger partial charge in [-0.1, -0.05) is 0 Å². The van der Waals surface area contributed by atoms with E-state index in [-0.39, 0.29) is 22.6 Å². The third-order valence-corrected chi connectivity index (χ3v) is 2.64. The normalized spacial score (nSPS) is 14.0. The van der Waals surface area contributed by atoms with Crippen molar-refractivity contribution in [1.29, 1.82) is 0 Å². The van der Waals surface area contributed by atoms with Crippen LogP contribution in [0.1, 0.15) is 20.7 Å². The Hall–Kier alpha value is -2.50. The number of methoxy groups -OCH3 is 2. The van der Waals surface area contributed by atoms with Gasteiger partial charge in [0.25, 0.3) is 0 Å². The van der Waals surface area contributed by atoms with Crippen LogP contribution in [-0.2, 0) is 4.74 Å². The summed E-state index contributed by atoms with van der Waals surface area (Å²) in [4.78, 5) is 23.7. The van der Waals surface area contributed by atoms with E-state index >= 15 is 0 Å².